The van der Waals surface area contributed by atoms with Crippen LogP contribution in [0.2, 0.25) is 5.02 Å². The van der Waals surface area contributed by atoms with Gasteiger partial charge in [0.15, 0.2) is 0 Å². The van der Waals surface area contributed by atoms with Crippen LogP contribution in [0.15, 0.2) is 0 Å². The second-order valence-electron chi connectivity index (χ2n) is 1.75. The van der Waals surface area contributed by atoms with Gasteiger partial charge in [0.05, 0.1) is 0 Å². The summed E-state index contributed by atoms with van der Waals surface area (Å²) >= 11 is 1.31. The molecule has 0 saturated heterocycles. The van der Waals surface area contributed by atoms with E-state index in [9.17, 15) is 4.79 Å². The Morgan fingerprint density at radius 3 is 2.73 bits per heavy atom. The molecule has 0 saturated carbocycles. The molecule has 0 aliphatic rings. The molecule has 59 valence electrons. The molecule has 0 rings (SSSR count). The first-order valence-corrected chi connectivity index (χ1v) is 5.27. The molecule has 0 bridgehead atoms. The smallest absolute Gasteiger partial charge is 0.107 e. The molecule has 0 aliphatic carbocycles. The Kier molecular flexibility index (Phi) is 13.2. The monoisotopic (exact) mass is 317 g/mol. The van der Waals surface area contributed by atoms with E-state index in [4.69, 9.17) is 0 Å². The normalized spacial score (nSPS) is 7.18. The molecule has 0 unspecified atom stereocenters. The van der Waals surface area contributed by atoms with E-state index >= 15 is 0 Å². The molecule has 0 aromatic heterocycles. The van der Waals surface area contributed by atoms with Crippen molar-refractivity contribution in [3.05, 3.63) is 0 Å². The number of ether oxygens (including phenoxy) is 1. The van der Waals surface area contributed by atoms with E-state index < -0.39 is 5.97 Å². The number of carbonyl (C=O) groups excluding carboxylic acids is 1. The first-order valence-electron chi connectivity index (χ1n) is 3.17. The van der Waals surface area contributed by atoms with Crippen LogP contribution >= 0.6 is 24.0 Å². The third-order valence-electron chi connectivity index (χ3n) is 0.928. The maximum Gasteiger partial charge on any atom is -0.107 e. The summed E-state index contributed by atoms with van der Waals surface area (Å²) in [6.45, 7) is 0. The van der Waals surface area contributed by atoms with Gasteiger partial charge < -0.3 is 0 Å². The van der Waals surface area contributed by atoms with Gasteiger partial charge in [-0.2, -0.15) is 0 Å². The zero-order chi connectivity index (χ0) is 7.82. The fourth-order valence-corrected chi connectivity index (χ4v) is 0.924. The van der Waals surface area contributed by atoms with Gasteiger partial charge in [0.25, 0.3) is 0 Å². The predicted molar refractivity (Wildman–Crippen MR) is 49.2 cm³/mol. The van der Waals surface area contributed by atoms with Crippen LogP contribution in [-0.2, 0) is 27.8 Å². The minimum Gasteiger partial charge on any atom is -0.107 e. The third-order valence-corrected chi connectivity index (χ3v) is 1.98. The number of hydrogen-bond acceptors (Lipinski definition) is 2. The molecule has 0 atom stereocenters. The van der Waals surface area contributed by atoms with Crippen LogP contribution in [0.1, 0.15) is 12.8 Å². The topological polar surface area (TPSA) is 26.3 Å². The maximum atomic E-state index is 10.4. The van der Waals surface area contributed by atoms with Crippen LogP contribution < -0.4 is 0 Å². The van der Waals surface area contributed by atoms with Crippen molar-refractivity contribution >= 4 is 29.9 Å². The molecule has 0 heterocycles. The summed E-state index contributed by atoms with van der Waals surface area (Å²) in [5.74, 6) is 4.66. The van der Waals surface area contributed by atoms with E-state index in [1.165, 1.54) is 30.4 Å². The summed E-state index contributed by atoms with van der Waals surface area (Å²) in [6.07, 6.45) is 1.92. The molecule has 4 heteroatoms. The summed E-state index contributed by atoms with van der Waals surface area (Å²) in [5.41, 5.74) is 0. The summed E-state index contributed by atoms with van der Waals surface area (Å²) < 4.78 is 4.33. The Bertz CT molecular complexity index is 160. The van der Waals surface area contributed by atoms with E-state index in [0.29, 0.717) is 0 Å². The molecule has 0 aliphatic heterocycles. The van der Waals surface area contributed by atoms with Gasteiger partial charge in [-0.05, 0) is 0 Å². The van der Waals surface area contributed by atoms with Gasteiger partial charge in [-0.15, -0.1) is 24.0 Å². The van der Waals surface area contributed by atoms with E-state index in [1.807, 2.05) is 0 Å². The number of unbranched alkanes of at least 4 members (excludes halogenated alkanes) is 1. The molecular weight excluding hydrogens is 308 g/mol. The van der Waals surface area contributed by atoms with E-state index in [-0.39, 0.29) is 24.0 Å². The number of hydrogen-bond donors (Lipinski definition) is 0. The summed E-state index contributed by atoms with van der Waals surface area (Å²) in [6, 6.07) is 0. The van der Waals surface area contributed by atoms with Gasteiger partial charge in [0.2, 0.25) is 0 Å². The molecule has 0 N–H and O–H groups in total. The zero-order valence-corrected chi connectivity index (χ0v) is 11.9. The third kappa shape index (κ3) is 10.4. The molecule has 2 nitrogen and oxygen atoms in total. The van der Waals surface area contributed by atoms with Crippen LogP contribution in [0.5, 0.6) is 0 Å². The molecule has 0 fully saturated rings. The van der Waals surface area contributed by atoms with Gasteiger partial charge in [-0.25, -0.2) is 0 Å². The molecular formula is C7H10IO2Zn. The fourth-order valence-electron chi connectivity index (χ4n) is 0.399. The number of rotatable bonds is 2. The summed E-state index contributed by atoms with van der Waals surface area (Å²) in [4.78, 5) is 10.4. The van der Waals surface area contributed by atoms with Crippen molar-refractivity contribution in [1.29, 1.82) is 0 Å². The van der Waals surface area contributed by atoms with Crippen molar-refractivity contribution in [2.75, 3.05) is 7.11 Å². The number of methoxy groups -OCH3 is 1. The average Bonchev–Trinajstić information content (AvgIpc) is 1.98. The van der Waals surface area contributed by atoms with Crippen LogP contribution in [0.25, 0.3) is 0 Å². The van der Waals surface area contributed by atoms with Crippen LogP contribution in [-0.4, -0.2) is 13.1 Å². The van der Waals surface area contributed by atoms with Crippen LogP contribution in [0.3, 0.4) is 0 Å². The van der Waals surface area contributed by atoms with Gasteiger partial charge in [-0.1, -0.05) is 0 Å². The van der Waals surface area contributed by atoms with Crippen LogP contribution in [0, 0.1) is 11.8 Å². The Morgan fingerprint density at radius 2 is 2.27 bits per heavy atom. The minimum absolute atomic E-state index is 0. The molecule has 0 aromatic carbocycles. The Balaban J connectivity index is 0. The Labute approximate surface area is 94.1 Å². The Morgan fingerprint density at radius 1 is 1.64 bits per heavy atom. The zero-order valence-electron chi connectivity index (χ0n) is 6.55. The average molecular weight is 318 g/mol. The maximum absolute atomic E-state index is 10.4. The van der Waals surface area contributed by atoms with Crippen LogP contribution in [0.4, 0.5) is 0 Å². The molecule has 0 spiro atoms. The summed E-state index contributed by atoms with van der Waals surface area (Å²) in [5, 5.41) is 1.23. The fraction of sp³-hybridized carbons (Fsp3) is 0.571. The minimum atomic E-state index is -0.438. The molecule has 11 heavy (non-hydrogen) atoms. The number of carbonyl (C=O) groups is 1. The van der Waals surface area contributed by atoms with Crippen molar-refractivity contribution in [3.63, 3.8) is 0 Å². The van der Waals surface area contributed by atoms with Gasteiger partial charge in [0, 0.05) is 0 Å². The van der Waals surface area contributed by atoms with Gasteiger partial charge in [0.1, 0.15) is 0 Å². The second kappa shape index (κ2) is 10.4. The molecule has 0 aromatic rings. The van der Waals surface area contributed by atoms with Crippen molar-refractivity contribution in [2.24, 2.45) is 0 Å². The molecule has 0 amide bonds. The quantitative estimate of drug-likeness (QED) is 0.193. The second-order valence-corrected chi connectivity index (χ2v) is 3.23. The predicted octanol–water partition coefficient (Wildman–Crippen LogP) is 1.53. The van der Waals surface area contributed by atoms with E-state index in [0.717, 1.165) is 12.8 Å². The first kappa shape index (κ1) is 13.9. The van der Waals surface area contributed by atoms with Crippen molar-refractivity contribution in [3.8, 4) is 11.8 Å². The van der Waals surface area contributed by atoms with Crippen molar-refractivity contribution in [1.82, 2.24) is 0 Å². The largest absolute Gasteiger partial charge is 0.107 e. The Hall–Kier alpha value is 0.383. The number of halogens is 1. The van der Waals surface area contributed by atoms with E-state index in [2.05, 4.69) is 16.6 Å². The van der Waals surface area contributed by atoms with Crippen molar-refractivity contribution in [2.45, 2.75) is 17.9 Å². The van der Waals surface area contributed by atoms with Crippen molar-refractivity contribution < 1.29 is 27.8 Å². The van der Waals surface area contributed by atoms with Gasteiger partial charge in [-0.3, -0.25) is 0 Å². The number of esters is 1. The van der Waals surface area contributed by atoms with E-state index in [1.54, 1.807) is 0 Å². The van der Waals surface area contributed by atoms with Gasteiger partial charge >= 0.3 is 70.6 Å². The molecule has 0 radical (unpaired) electrons. The first-order chi connectivity index (χ1) is 4.81. The SMILES string of the molecule is COC(=O)C#CCC[CH2][Zn].I. The summed E-state index contributed by atoms with van der Waals surface area (Å²) in [7, 11) is 1.34. The standard InChI is InChI=1S/C7H9O2.HI.Zn/c1-3-4-5-6-7(8)9-2;;/h1,3-4H2,2H3;1H;.